The van der Waals surface area contributed by atoms with Crippen LogP contribution in [-0.2, 0) is 4.74 Å². The standard InChI is InChI=1S/C11H25NO2/c1-3-5-8-14-9-6-7-12-10-11(13)4-2/h11-13H,3-10H2,1-2H3. The van der Waals surface area contributed by atoms with Gasteiger partial charge in [-0.05, 0) is 25.8 Å². The van der Waals surface area contributed by atoms with E-state index in [4.69, 9.17) is 4.74 Å². The van der Waals surface area contributed by atoms with Gasteiger partial charge in [0.1, 0.15) is 0 Å². The fourth-order valence-corrected chi connectivity index (χ4v) is 1.06. The Balaban J connectivity index is 2.92. The number of unbranched alkanes of at least 4 members (excludes halogenated alkanes) is 1. The van der Waals surface area contributed by atoms with Gasteiger partial charge in [0.25, 0.3) is 0 Å². The third-order valence-corrected chi connectivity index (χ3v) is 2.14. The largest absolute Gasteiger partial charge is 0.392 e. The molecule has 0 radical (unpaired) electrons. The SMILES string of the molecule is CCCCOCCCNCC(O)CC. The summed E-state index contributed by atoms with van der Waals surface area (Å²) in [6.07, 6.45) is 4.00. The van der Waals surface area contributed by atoms with Crippen LogP contribution < -0.4 is 5.32 Å². The smallest absolute Gasteiger partial charge is 0.0662 e. The van der Waals surface area contributed by atoms with Gasteiger partial charge in [0.15, 0.2) is 0 Å². The van der Waals surface area contributed by atoms with Crippen LogP contribution in [0.3, 0.4) is 0 Å². The quantitative estimate of drug-likeness (QED) is 0.529. The molecule has 0 aliphatic heterocycles. The van der Waals surface area contributed by atoms with Crippen LogP contribution in [0.1, 0.15) is 39.5 Å². The predicted octanol–water partition coefficient (Wildman–Crippen LogP) is 1.55. The zero-order valence-corrected chi connectivity index (χ0v) is 9.59. The lowest BCUT2D eigenvalue weighted by Gasteiger charge is -2.09. The molecule has 2 N–H and O–H groups in total. The van der Waals surface area contributed by atoms with Gasteiger partial charge in [-0.1, -0.05) is 20.3 Å². The molecular weight excluding hydrogens is 178 g/mol. The number of ether oxygens (including phenoxy) is 1. The summed E-state index contributed by atoms with van der Waals surface area (Å²) in [5, 5.41) is 12.4. The Morgan fingerprint density at radius 3 is 2.57 bits per heavy atom. The Morgan fingerprint density at radius 2 is 1.93 bits per heavy atom. The Kier molecular flexibility index (Phi) is 10.9. The van der Waals surface area contributed by atoms with Crippen molar-refractivity contribution >= 4 is 0 Å². The van der Waals surface area contributed by atoms with E-state index in [1.54, 1.807) is 0 Å². The Labute approximate surface area is 87.8 Å². The number of aliphatic hydroxyl groups is 1. The topological polar surface area (TPSA) is 41.5 Å². The number of nitrogens with one attached hydrogen (secondary N) is 1. The summed E-state index contributed by atoms with van der Waals surface area (Å²) in [5.41, 5.74) is 0. The van der Waals surface area contributed by atoms with Crippen molar-refractivity contribution in [2.75, 3.05) is 26.3 Å². The summed E-state index contributed by atoms with van der Waals surface area (Å²) in [4.78, 5) is 0. The van der Waals surface area contributed by atoms with E-state index >= 15 is 0 Å². The highest BCUT2D eigenvalue weighted by Crippen LogP contribution is 1.90. The summed E-state index contributed by atoms with van der Waals surface area (Å²) < 4.78 is 5.40. The molecule has 0 heterocycles. The molecule has 0 aliphatic carbocycles. The molecule has 0 spiro atoms. The molecule has 1 atom stereocenters. The minimum atomic E-state index is -0.198. The van der Waals surface area contributed by atoms with Crippen LogP contribution in [0.5, 0.6) is 0 Å². The molecule has 0 fully saturated rings. The third kappa shape index (κ3) is 9.96. The van der Waals surface area contributed by atoms with Gasteiger partial charge in [0, 0.05) is 19.8 Å². The van der Waals surface area contributed by atoms with Crippen molar-refractivity contribution in [3.8, 4) is 0 Å². The summed E-state index contributed by atoms with van der Waals surface area (Å²) in [7, 11) is 0. The molecule has 0 rings (SSSR count). The van der Waals surface area contributed by atoms with Crippen LogP contribution in [-0.4, -0.2) is 37.5 Å². The predicted molar refractivity (Wildman–Crippen MR) is 59.5 cm³/mol. The summed E-state index contributed by atoms with van der Waals surface area (Å²) in [6.45, 7) is 7.50. The van der Waals surface area contributed by atoms with Crippen molar-refractivity contribution < 1.29 is 9.84 Å². The van der Waals surface area contributed by atoms with Crippen molar-refractivity contribution in [1.29, 1.82) is 0 Å². The second-order valence-corrected chi connectivity index (χ2v) is 3.59. The van der Waals surface area contributed by atoms with Crippen LogP contribution in [0, 0.1) is 0 Å². The lowest BCUT2D eigenvalue weighted by atomic mass is 10.3. The lowest BCUT2D eigenvalue weighted by molar-refractivity contribution is 0.126. The molecule has 0 bridgehead atoms. The fraction of sp³-hybridized carbons (Fsp3) is 1.00. The molecule has 0 aromatic rings. The summed E-state index contributed by atoms with van der Waals surface area (Å²) in [5.74, 6) is 0. The van der Waals surface area contributed by atoms with Gasteiger partial charge >= 0.3 is 0 Å². The molecule has 0 aliphatic rings. The fourth-order valence-electron chi connectivity index (χ4n) is 1.06. The molecule has 0 aromatic carbocycles. The second-order valence-electron chi connectivity index (χ2n) is 3.59. The molecule has 1 unspecified atom stereocenters. The minimum Gasteiger partial charge on any atom is -0.392 e. The van der Waals surface area contributed by atoms with E-state index in [2.05, 4.69) is 12.2 Å². The summed E-state index contributed by atoms with van der Waals surface area (Å²) in [6, 6.07) is 0. The Bertz CT molecular complexity index is 109. The van der Waals surface area contributed by atoms with Gasteiger partial charge in [-0.15, -0.1) is 0 Å². The first-order chi connectivity index (χ1) is 6.81. The molecule has 0 amide bonds. The lowest BCUT2D eigenvalue weighted by Crippen LogP contribution is -2.27. The highest BCUT2D eigenvalue weighted by molar-refractivity contribution is 4.56. The van der Waals surface area contributed by atoms with Crippen molar-refractivity contribution in [1.82, 2.24) is 5.32 Å². The highest BCUT2D eigenvalue weighted by atomic mass is 16.5. The van der Waals surface area contributed by atoms with E-state index in [-0.39, 0.29) is 6.10 Å². The molecule has 0 aromatic heterocycles. The second kappa shape index (κ2) is 11.0. The molecule has 3 heteroatoms. The molecule has 14 heavy (non-hydrogen) atoms. The van der Waals surface area contributed by atoms with Crippen molar-refractivity contribution in [2.24, 2.45) is 0 Å². The van der Waals surface area contributed by atoms with Crippen molar-refractivity contribution in [2.45, 2.75) is 45.6 Å². The van der Waals surface area contributed by atoms with Gasteiger partial charge < -0.3 is 15.2 Å². The van der Waals surface area contributed by atoms with Crippen molar-refractivity contribution in [3.63, 3.8) is 0 Å². The maximum absolute atomic E-state index is 9.24. The normalized spacial score (nSPS) is 13.1. The first-order valence-corrected chi connectivity index (χ1v) is 5.77. The maximum Gasteiger partial charge on any atom is 0.0662 e. The van der Waals surface area contributed by atoms with E-state index in [9.17, 15) is 5.11 Å². The van der Waals surface area contributed by atoms with E-state index in [0.717, 1.165) is 39.0 Å². The summed E-state index contributed by atoms with van der Waals surface area (Å²) >= 11 is 0. The van der Waals surface area contributed by atoms with E-state index < -0.39 is 0 Å². The maximum atomic E-state index is 9.24. The number of hydrogen-bond donors (Lipinski definition) is 2. The van der Waals surface area contributed by atoms with Gasteiger partial charge in [-0.25, -0.2) is 0 Å². The average Bonchev–Trinajstić information content (AvgIpc) is 2.21. The molecule has 0 saturated carbocycles. The first kappa shape index (κ1) is 13.9. The zero-order chi connectivity index (χ0) is 10.6. The molecule has 0 saturated heterocycles. The Hall–Kier alpha value is -0.120. The van der Waals surface area contributed by atoms with Gasteiger partial charge in [0.2, 0.25) is 0 Å². The van der Waals surface area contributed by atoms with Crippen LogP contribution in [0.15, 0.2) is 0 Å². The molecule has 3 nitrogen and oxygen atoms in total. The van der Waals surface area contributed by atoms with Crippen molar-refractivity contribution in [3.05, 3.63) is 0 Å². The monoisotopic (exact) mass is 203 g/mol. The van der Waals surface area contributed by atoms with Gasteiger partial charge in [0.05, 0.1) is 6.10 Å². The zero-order valence-electron chi connectivity index (χ0n) is 9.59. The number of aliphatic hydroxyl groups excluding tert-OH is 1. The molecular formula is C11H25NO2. The van der Waals surface area contributed by atoms with Crippen LogP contribution in [0.25, 0.3) is 0 Å². The van der Waals surface area contributed by atoms with E-state index in [0.29, 0.717) is 6.54 Å². The third-order valence-electron chi connectivity index (χ3n) is 2.14. The van der Waals surface area contributed by atoms with E-state index in [1.807, 2.05) is 6.92 Å². The van der Waals surface area contributed by atoms with Crippen LogP contribution in [0.2, 0.25) is 0 Å². The average molecular weight is 203 g/mol. The minimum absolute atomic E-state index is 0.198. The van der Waals surface area contributed by atoms with Crippen LogP contribution in [0.4, 0.5) is 0 Å². The van der Waals surface area contributed by atoms with Gasteiger partial charge in [-0.2, -0.15) is 0 Å². The Morgan fingerprint density at radius 1 is 1.21 bits per heavy atom. The first-order valence-electron chi connectivity index (χ1n) is 5.77. The number of hydrogen-bond acceptors (Lipinski definition) is 3. The van der Waals surface area contributed by atoms with E-state index in [1.165, 1.54) is 6.42 Å². The van der Waals surface area contributed by atoms with Gasteiger partial charge in [-0.3, -0.25) is 0 Å². The number of rotatable bonds is 10. The highest BCUT2D eigenvalue weighted by Gasteiger charge is 1.97. The molecule has 86 valence electrons. The van der Waals surface area contributed by atoms with Crippen LogP contribution >= 0.6 is 0 Å².